The van der Waals surface area contributed by atoms with Crippen LogP contribution in [0.25, 0.3) is 0 Å². The Balaban J connectivity index is 1.51. The lowest BCUT2D eigenvalue weighted by molar-refractivity contribution is -0.174. The summed E-state index contributed by atoms with van der Waals surface area (Å²) in [4.78, 5) is 0. The topological polar surface area (TPSA) is 21.3 Å². The Morgan fingerprint density at radius 1 is 1.18 bits per heavy atom. The maximum atomic E-state index is 5.90. The second kappa shape index (κ2) is 4.24. The molecule has 0 bridgehead atoms. The van der Waals surface area contributed by atoms with Gasteiger partial charge in [0.2, 0.25) is 0 Å². The molecule has 2 atom stereocenters. The molecule has 3 saturated carbocycles. The first-order valence-electron chi connectivity index (χ1n) is 7.54. The highest BCUT2D eigenvalue weighted by Crippen LogP contribution is 2.57. The van der Waals surface area contributed by atoms with Crippen molar-refractivity contribution in [1.29, 1.82) is 0 Å². The molecule has 0 aliphatic heterocycles. The first kappa shape index (κ1) is 12.0. The van der Waals surface area contributed by atoms with Crippen LogP contribution in [0, 0.1) is 10.8 Å². The SMILES string of the molecule is CCOC1CC(NCC2(C)CCC2)C12CCC2. The quantitative estimate of drug-likeness (QED) is 0.793. The van der Waals surface area contributed by atoms with Crippen LogP contribution in [0.1, 0.15) is 58.8 Å². The summed E-state index contributed by atoms with van der Waals surface area (Å²) < 4.78 is 5.90. The minimum Gasteiger partial charge on any atom is -0.378 e. The molecule has 2 unspecified atom stereocenters. The zero-order chi connectivity index (χ0) is 11.9. The van der Waals surface area contributed by atoms with Gasteiger partial charge in [0.15, 0.2) is 0 Å². The first-order valence-corrected chi connectivity index (χ1v) is 7.54. The van der Waals surface area contributed by atoms with Crippen molar-refractivity contribution in [2.75, 3.05) is 13.2 Å². The molecule has 0 amide bonds. The molecule has 3 rings (SSSR count). The third kappa shape index (κ3) is 1.84. The van der Waals surface area contributed by atoms with Crippen LogP contribution < -0.4 is 5.32 Å². The van der Waals surface area contributed by atoms with Gasteiger partial charge in [0.05, 0.1) is 6.10 Å². The zero-order valence-electron chi connectivity index (χ0n) is 11.4. The molecule has 1 N–H and O–H groups in total. The standard InChI is InChI=1S/C15H27NO/c1-3-17-13-10-12(15(13)8-5-9-15)16-11-14(2)6-4-7-14/h12-13,16H,3-11H2,1-2H3. The fourth-order valence-corrected chi connectivity index (χ4v) is 4.05. The Morgan fingerprint density at radius 3 is 2.35 bits per heavy atom. The van der Waals surface area contributed by atoms with Crippen LogP contribution in [0.5, 0.6) is 0 Å². The van der Waals surface area contributed by atoms with E-state index in [2.05, 4.69) is 19.2 Å². The minimum atomic E-state index is 0.538. The minimum absolute atomic E-state index is 0.538. The van der Waals surface area contributed by atoms with Crippen molar-refractivity contribution in [3.63, 3.8) is 0 Å². The summed E-state index contributed by atoms with van der Waals surface area (Å²) in [5, 5.41) is 3.86. The van der Waals surface area contributed by atoms with Crippen LogP contribution in [-0.2, 0) is 4.74 Å². The summed E-state index contributed by atoms with van der Waals surface area (Å²) in [5.74, 6) is 0. The van der Waals surface area contributed by atoms with Gasteiger partial charge in [-0.05, 0) is 44.4 Å². The van der Waals surface area contributed by atoms with Crippen molar-refractivity contribution >= 4 is 0 Å². The normalized spacial score (nSPS) is 37.1. The molecule has 0 aromatic heterocycles. The maximum Gasteiger partial charge on any atom is 0.0661 e. The summed E-state index contributed by atoms with van der Waals surface area (Å²) in [6, 6.07) is 0.755. The molecule has 3 fully saturated rings. The number of nitrogens with one attached hydrogen (secondary N) is 1. The predicted molar refractivity (Wildman–Crippen MR) is 70.1 cm³/mol. The molecular weight excluding hydrogens is 210 g/mol. The number of ether oxygens (including phenoxy) is 1. The van der Waals surface area contributed by atoms with Crippen molar-refractivity contribution in [2.24, 2.45) is 10.8 Å². The molecule has 3 aliphatic rings. The zero-order valence-corrected chi connectivity index (χ0v) is 11.4. The van der Waals surface area contributed by atoms with Gasteiger partial charge in [-0.2, -0.15) is 0 Å². The Labute approximate surface area is 105 Å². The van der Waals surface area contributed by atoms with Gasteiger partial charge in [-0.25, -0.2) is 0 Å². The number of hydrogen-bond acceptors (Lipinski definition) is 2. The maximum absolute atomic E-state index is 5.90. The molecule has 0 saturated heterocycles. The van der Waals surface area contributed by atoms with Gasteiger partial charge in [-0.3, -0.25) is 0 Å². The Kier molecular flexibility index (Phi) is 2.99. The largest absolute Gasteiger partial charge is 0.378 e. The van der Waals surface area contributed by atoms with Crippen molar-refractivity contribution in [3.8, 4) is 0 Å². The average molecular weight is 237 g/mol. The molecule has 17 heavy (non-hydrogen) atoms. The third-order valence-corrected chi connectivity index (χ3v) is 5.77. The van der Waals surface area contributed by atoms with Gasteiger partial charge in [-0.15, -0.1) is 0 Å². The molecule has 98 valence electrons. The van der Waals surface area contributed by atoms with Gasteiger partial charge in [0, 0.05) is 24.6 Å². The van der Waals surface area contributed by atoms with Crippen molar-refractivity contribution in [1.82, 2.24) is 5.32 Å². The second-order valence-electron chi connectivity index (χ2n) is 6.86. The van der Waals surface area contributed by atoms with Gasteiger partial charge in [0.1, 0.15) is 0 Å². The highest BCUT2D eigenvalue weighted by Gasteiger charge is 2.58. The van der Waals surface area contributed by atoms with Gasteiger partial charge >= 0.3 is 0 Å². The van der Waals surface area contributed by atoms with E-state index in [0.29, 0.717) is 16.9 Å². The lowest BCUT2D eigenvalue weighted by Crippen LogP contribution is -2.67. The Bertz CT molecular complexity index is 281. The van der Waals surface area contributed by atoms with Crippen molar-refractivity contribution in [3.05, 3.63) is 0 Å². The number of hydrogen-bond donors (Lipinski definition) is 1. The van der Waals surface area contributed by atoms with Crippen LogP contribution in [0.3, 0.4) is 0 Å². The summed E-state index contributed by atoms with van der Waals surface area (Å²) in [7, 11) is 0. The highest BCUT2D eigenvalue weighted by molar-refractivity contribution is 5.12. The smallest absolute Gasteiger partial charge is 0.0661 e. The van der Waals surface area contributed by atoms with Gasteiger partial charge in [-0.1, -0.05) is 19.8 Å². The summed E-state index contributed by atoms with van der Waals surface area (Å²) in [5.41, 5.74) is 1.15. The summed E-state index contributed by atoms with van der Waals surface area (Å²) in [6.45, 7) is 6.69. The Hall–Kier alpha value is -0.0800. The molecule has 3 aliphatic carbocycles. The molecule has 0 heterocycles. The monoisotopic (exact) mass is 237 g/mol. The van der Waals surface area contributed by atoms with E-state index in [9.17, 15) is 0 Å². The van der Waals surface area contributed by atoms with E-state index < -0.39 is 0 Å². The third-order valence-electron chi connectivity index (χ3n) is 5.77. The fraction of sp³-hybridized carbons (Fsp3) is 1.00. The van der Waals surface area contributed by atoms with E-state index in [4.69, 9.17) is 4.74 Å². The van der Waals surface area contributed by atoms with E-state index in [1.807, 2.05) is 0 Å². The van der Waals surface area contributed by atoms with E-state index >= 15 is 0 Å². The Morgan fingerprint density at radius 2 is 1.88 bits per heavy atom. The van der Waals surface area contributed by atoms with Crippen LogP contribution in [-0.4, -0.2) is 25.3 Å². The second-order valence-corrected chi connectivity index (χ2v) is 6.86. The first-order chi connectivity index (χ1) is 8.19. The van der Waals surface area contributed by atoms with Crippen molar-refractivity contribution < 1.29 is 4.74 Å². The van der Waals surface area contributed by atoms with E-state index in [1.165, 1.54) is 51.5 Å². The summed E-state index contributed by atoms with van der Waals surface area (Å²) >= 11 is 0. The lowest BCUT2D eigenvalue weighted by atomic mass is 9.50. The molecule has 1 spiro atoms. The fourth-order valence-electron chi connectivity index (χ4n) is 4.05. The average Bonchev–Trinajstić information content (AvgIpc) is 2.17. The van der Waals surface area contributed by atoms with Crippen molar-refractivity contribution in [2.45, 2.75) is 70.9 Å². The molecule has 2 heteroatoms. The van der Waals surface area contributed by atoms with Crippen LogP contribution in [0.15, 0.2) is 0 Å². The molecule has 0 aromatic carbocycles. The predicted octanol–water partition coefficient (Wildman–Crippen LogP) is 3.11. The lowest BCUT2D eigenvalue weighted by Gasteiger charge is -2.62. The highest BCUT2D eigenvalue weighted by atomic mass is 16.5. The molecule has 2 nitrogen and oxygen atoms in total. The van der Waals surface area contributed by atoms with Crippen LogP contribution in [0.4, 0.5) is 0 Å². The number of rotatable bonds is 5. The van der Waals surface area contributed by atoms with Crippen LogP contribution in [0.2, 0.25) is 0 Å². The summed E-state index contributed by atoms with van der Waals surface area (Å²) in [6.07, 6.45) is 10.3. The van der Waals surface area contributed by atoms with Gasteiger partial charge < -0.3 is 10.1 Å². The van der Waals surface area contributed by atoms with Gasteiger partial charge in [0.25, 0.3) is 0 Å². The van der Waals surface area contributed by atoms with E-state index in [0.717, 1.165) is 12.6 Å². The molecule has 0 radical (unpaired) electrons. The van der Waals surface area contributed by atoms with E-state index in [1.54, 1.807) is 0 Å². The van der Waals surface area contributed by atoms with Crippen LogP contribution >= 0.6 is 0 Å². The van der Waals surface area contributed by atoms with E-state index in [-0.39, 0.29) is 0 Å². The molecular formula is C15H27NO. The molecule has 0 aromatic rings.